The van der Waals surface area contributed by atoms with Crippen molar-refractivity contribution in [2.75, 3.05) is 0 Å². The quantitative estimate of drug-likeness (QED) is 0.499. The molecule has 0 saturated heterocycles. The van der Waals surface area contributed by atoms with Crippen molar-refractivity contribution >= 4 is 58.8 Å². The lowest BCUT2D eigenvalue weighted by atomic mass is 10.2. The van der Waals surface area contributed by atoms with Crippen LogP contribution in [0.3, 0.4) is 0 Å². The molecular weight excluding hydrogens is 338 g/mol. The predicted molar refractivity (Wildman–Crippen MR) is 88.1 cm³/mol. The zero-order valence-corrected chi connectivity index (χ0v) is 13.0. The van der Waals surface area contributed by atoms with E-state index >= 15 is 0 Å². The second kappa shape index (κ2) is 7.09. The van der Waals surface area contributed by atoms with Crippen LogP contribution >= 0.6 is 46.4 Å². The number of hydrogen-bond acceptors (Lipinski definition) is 2. The minimum atomic E-state index is 0.515. The molecule has 0 atom stereocenters. The van der Waals surface area contributed by atoms with Gasteiger partial charge in [-0.2, -0.15) is 10.2 Å². The third kappa shape index (κ3) is 4.22. The summed E-state index contributed by atoms with van der Waals surface area (Å²) in [5.41, 5.74) is 1.46. The molecule has 0 fully saturated rings. The maximum atomic E-state index is 6.00. The van der Waals surface area contributed by atoms with Crippen LogP contribution in [0.4, 0.5) is 0 Å². The molecule has 0 bridgehead atoms. The Hall–Kier alpha value is -1.06. The summed E-state index contributed by atoms with van der Waals surface area (Å²) in [6, 6.07) is 10.3. The van der Waals surface area contributed by atoms with E-state index in [9.17, 15) is 0 Å². The van der Waals surface area contributed by atoms with Crippen LogP contribution in [0, 0.1) is 0 Å². The van der Waals surface area contributed by atoms with E-state index in [1.54, 1.807) is 48.8 Å². The van der Waals surface area contributed by atoms with Crippen molar-refractivity contribution in [3.8, 4) is 0 Å². The molecule has 6 heteroatoms. The highest BCUT2D eigenvalue weighted by molar-refractivity contribution is 6.36. The van der Waals surface area contributed by atoms with E-state index in [1.165, 1.54) is 0 Å². The summed E-state index contributed by atoms with van der Waals surface area (Å²) >= 11 is 23.6. The lowest BCUT2D eigenvalue weighted by molar-refractivity contribution is 1.26. The molecule has 2 nitrogen and oxygen atoms in total. The van der Waals surface area contributed by atoms with Crippen LogP contribution in [0.5, 0.6) is 0 Å². The zero-order valence-electron chi connectivity index (χ0n) is 10.0. The Balaban J connectivity index is 2.11. The van der Waals surface area contributed by atoms with Gasteiger partial charge in [-0.05, 0) is 24.3 Å². The predicted octanol–water partition coefficient (Wildman–Crippen LogP) is 5.75. The summed E-state index contributed by atoms with van der Waals surface area (Å²) in [4.78, 5) is 0. The van der Waals surface area contributed by atoms with Crippen LogP contribution in [-0.4, -0.2) is 12.4 Å². The first kappa shape index (κ1) is 15.3. The van der Waals surface area contributed by atoms with Gasteiger partial charge in [0.15, 0.2) is 0 Å². The standard InChI is InChI=1S/C14H8Cl4N2/c15-11-3-1-9(13(17)5-11)7-19-20-8-10-2-4-12(16)6-14(10)18/h1-8H/b19-7-,20-8-. The minimum Gasteiger partial charge on any atom is -0.158 e. The molecule has 0 aromatic heterocycles. The monoisotopic (exact) mass is 344 g/mol. The van der Waals surface area contributed by atoms with Gasteiger partial charge in [-0.1, -0.05) is 58.5 Å². The van der Waals surface area contributed by atoms with Crippen molar-refractivity contribution in [2.45, 2.75) is 0 Å². The van der Waals surface area contributed by atoms with Crippen LogP contribution in [-0.2, 0) is 0 Å². The van der Waals surface area contributed by atoms with E-state index < -0.39 is 0 Å². The van der Waals surface area contributed by atoms with Crippen molar-refractivity contribution in [3.63, 3.8) is 0 Å². The Kier molecular flexibility index (Phi) is 5.44. The van der Waals surface area contributed by atoms with Crippen LogP contribution in [0.1, 0.15) is 11.1 Å². The largest absolute Gasteiger partial charge is 0.158 e. The molecular formula is C14H8Cl4N2. The highest BCUT2D eigenvalue weighted by Crippen LogP contribution is 2.20. The van der Waals surface area contributed by atoms with Gasteiger partial charge in [0.2, 0.25) is 0 Å². The number of rotatable bonds is 3. The van der Waals surface area contributed by atoms with Crippen LogP contribution in [0.25, 0.3) is 0 Å². The van der Waals surface area contributed by atoms with Crippen LogP contribution in [0.2, 0.25) is 20.1 Å². The third-order valence-corrected chi connectivity index (χ3v) is 3.51. The maximum Gasteiger partial charge on any atom is 0.0583 e. The molecule has 2 aromatic carbocycles. The number of hydrogen-bond donors (Lipinski definition) is 0. The molecule has 0 heterocycles. The molecule has 0 radical (unpaired) electrons. The average Bonchev–Trinajstić information content (AvgIpc) is 2.39. The van der Waals surface area contributed by atoms with Crippen molar-refractivity contribution < 1.29 is 0 Å². The first-order valence-electron chi connectivity index (χ1n) is 5.53. The summed E-state index contributed by atoms with van der Waals surface area (Å²) in [6.45, 7) is 0. The fourth-order valence-electron chi connectivity index (χ4n) is 1.40. The topological polar surface area (TPSA) is 24.7 Å². The first-order chi connectivity index (χ1) is 9.56. The zero-order chi connectivity index (χ0) is 14.5. The summed E-state index contributed by atoms with van der Waals surface area (Å²) in [5.74, 6) is 0. The Bertz CT molecular complexity index is 621. The summed E-state index contributed by atoms with van der Waals surface area (Å²) in [6.07, 6.45) is 3.08. The van der Waals surface area contributed by atoms with Crippen molar-refractivity contribution in [1.29, 1.82) is 0 Å². The lowest BCUT2D eigenvalue weighted by Gasteiger charge is -1.97. The molecule has 0 aliphatic rings. The maximum absolute atomic E-state index is 6.00. The normalized spacial score (nSPS) is 11.6. The fourth-order valence-corrected chi connectivity index (χ4v) is 2.32. The average molecular weight is 346 g/mol. The fraction of sp³-hybridized carbons (Fsp3) is 0. The molecule has 0 spiro atoms. The molecule has 0 unspecified atom stereocenters. The summed E-state index contributed by atoms with van der Waals surface area (Å²) in [7, 11) is 0. The van der Waals surface area contributed by atoms with Gasteiger partial charge in [-0.15, -0.1) is 0 Å². The van der Waals surface area contributed by atoms with Gasteiger partial charge >= 0.3 is 0 Å². The molecule has 0 saturated carbocycles. The van der Waals surface area contributed by atoms with Gasteiger partial charge in [0.25, 0.3) is 0 Å². The van der Waals surface area contributed by atoms with Gasteiger partial charge in [0.05, 0.1) is 22.5 Å². The van der Waals surface area contributed by atoms with E-state index in [4.69, 9.17) is 46.4 Å². The molecule has 0 aliphatic carbocycles. The van der Waals surface area contributed by atoms with E-state index in [1.807, 2.05) is 0 Å². The first-order valence-corrected chi connectivity index (χ1v) is 7.04. The SMILES string of the molecule is Clc1ccc(/C=N\N=C/c2ccc(Cl)cc2Cl)c(Cl)c1. The number of benzene rings is 2. The van der Waals surface area contributed by atoms with E-state index in [-0.39, 0.29) is 0 Å². The summed E-state index contributed by atoms with van der Waals surface area (Å²) in [5, 5.41) is 10.0. The Morgan fingerprint density at radius 2 is 1.05 bits per heavy atom. The molecule has 2 rings (SSSR count). The van der Waals surface area contributed by atoms with Gasteiger partial charge in [0.1, 0.15) is 0 Å². The van der Waals surface area contributed by atoms with Crippen molar-refractivity contribution in [3.05, 3.63) is 67.6 Å². The highest BCUT2D eigenvalue weighted by Gasteiger charge is 1.98. The smallest absolute Gasteiger partial charge is 0.0583 e. The minimum absolute atomic E-state index is 0.515. The van der Waals surface area contributed by atoms with E-state index in [0.29, 0.717) is 20.1 Å². The molecule has 2 aromatic rings. The van der Waals surface area contributed by atoms with Gasteiger partial charge in [0, 0.05) is 21.2 Å². The molecule has 0 amide bonds. The van der Waals surface area contributed by atoms with Gasteiger partial charge < -0.3 is 0 Å². The van der Waals surface area contributed by atoms with Crippen LogP contribution < -0.4 is 0 Å². The van der Waals surface area contributed by atoms with Crippen molar-refractivity contribution in [1.82, 2.24) is 0 Å². The Morgan fingerprint density at radius 1 is 0.650 bits per heavy atom. The molecule has 0 aliphatic heterocycles. The highest BCUT2D eigenvalue weighted by atomic mass is 35.5. The second-order valence-electron chi connectivity index (χ2n) is 3.82. The number of halogens is 4. The van der Waals surface area contributed by atoms with E-state index in [0.717, 1.165) is 11.1 Å². The second-order valence-corrected chi connectivity index (χ2v) is 5.51. The Morgan fingerprint density at radius 3 is 1.40 bits per heavy atom. The third-order valence-electron chi connectivity index (χ3n) is 2.39. The van der Waals surface area contributed by atoms with E-state index in [2.05, 4.69) is 10.2 Å². The van der Waals surface area contributed by atoms with Gasteiger partial charge in [-0.3, -0.25) is 0 Å². The van der Waals surface area contributed by atoms with Gasteiger partial charge in [-0.25, -0.2) is 0 Å². The number of nitrogens with zero attached hydrogens (tertiary/aromatic N) is 2. The lowest BCUT2D eigenvalue weighted by Crippen LogP contribution is -1.84. The van der Waals surface area contributed by atoms with Crippen molar-refractivity contribution in [2.24, 2.45) is 10.2 Å². The summed E-state index contributed by atoms with van der Waals surface area (Å²) < 4.78 is 0. The Labute approximate surface area is 136 Å². The molecule has 20 heavy (non-hydrogen) atoms. The molecule has 102 valence electrons. The molecule has 0 N–H and O–H groups in total. The van der Waals surface area contributed by atoms with Crippen LogP contribution in [0.15, 0.2) is 46.6 Å².